The summed E-state index contributed by atoms with van der Waals surface area (Å²) in [6.07, 6.45) is 0.934. The second kappa shape index (κ2) is 5.18. The van der Waals surface area contributed by atoms with Crippen molar-refractivity contribution in [1.29, 1.82) is 0 Å². The Morgan fingerprint density at radius 2 is 2.37 bits per heavy atom. The number of rotatable bonds is 3. The molecule has 7 heteroatoms. The average molecular weight is 279 g/mol. The molecule has 100 valence electrons. The van der Waals surface area contributed by atoms with Crippen LogP contribution in [0.25, 0.3) is 0 Å². The molecule has 19 heavy (non-hydrogen) atoms. The van der Waals surface area contributed by atoms with Crippen LogP contribution in [-0.2, 0) is 16.0 Å². The Labute approximate surface area is 113 Å². The van der Waals surface area contributed by atoms with Crippen molar-refractivity contribution >= 4 is 17.1 Å². The first-order valence-corrected chi connectivity index (χ1v) is 6.94. The third kappa shape index (κ3) is 2.71. The van der Waals surface area contributed by atoms with Crippen molar-refractivity contribution in [1.82, 2.24) is 15.1 Å². The maximum Gasteiger partial charge on any atom is 0.239 e. The van der Waals surface area contributed by atoms with Gasteiger partial charge in [0.1, 0.15) is 11.7 Å². The van der Waals surface area contributed by atoms with E-state index < -0.39 is 5.92 Å². The highest BCUT2D eigenvalue weighted by Crippen LogP contribution is 2.21. The van der Waals surface area contributed by atoms with Crippen molar-refractivity contribution in [2.45, 2.75) is 25.7 Å². The molecule has 1 saturated heterocycles. The van der Waals surface area contributed by atoms with Gasteiger partial charge in [-0.3, -0.25) is 4.79 Å². The van der Waals surface area contributed by atoms with Gasteiger partial charge in [-0.25, -0.2) is 4.98 Å². The molecule has 0 radical (unpaired) electrons. The molecule has 0 amide bonds. The summed E-state index contributed by atoms with van der Waals surface area (Å²) in [5.74, 6) is 0.600. The molecule has 0 aromatic carbocycles. The summed E-state index contributed by atoms with van der Waals surface area (Å²) in [5, 5.41) is 6.88. The fraction of sp³-hybridized carbons (Fsp3) is 0.500. The molecule has 3 rings (SSSR count). The topological polar surface area (TPSA) is 78.1 Å². The van der Waals surface area contributed by atoms with E-state index in [0.29, 0.717) is 37.8 Å². The van der Waals surface area contributed by atoms with Crippen LogP contribution in [0.1, 0.15) is 34.8 Å². The van der Waals surface area contributed by atoms with Gasteiger partial charge < -0.3 is 9.26 Å². The number of hydrogen-bond donors (Lipinski definition) is 0. The highest BCUT2D eigenvalue weighted by molar-refractivity contribution is 7.09. The molecule has 0 N–H and O–H groups in total. The summed E-state index contributed by atoms with van der Waals surface area (Å²) in [6, 6.07) is 0. The average Bonchev–Trinajstić information content (AvgIpc) is 3.00. The Balaban J connectivity index is 1.73. The maximum absolute atomic E-state index is 11.7. The number of carbonyl (C=O) groups is 1. The molecule has 0 saturated carbocycles. The number of thiazole rings is 1. The molecule has 0 spiro atoms. The molecule has 0 aliphatic carbocycles. The Morgan fingerprint density at radius 1 is 1.47 bits per heavy atom. The molecule has 1 unspecified atom stereocenters. The number of ether oxygens (including phenoxy) is 1. The third-order valence-corrected chi connectivity index (χ3v) is 3.78. The standard InChI is InChI=1S/C12H13N3O3S/c1-7-13-8(6-19-7)4-11-14-12(18-15-11)9-5-17-3-2-10(9)16/h6,9H,2-5H2,1H3. The number of aryl methyl sites for hydroxylation is 1. The molecule has 0 bridgehead atoms. The molecule has 1 fully saturated rings. The van der Waals surface area contributed by atoms with Crippen molar-refractivity contribution in [2.24, 2.45) is 0 Å². The van der Waals surface area contributed by atoms with E-state index in [4.69, 9.17) is 9.26 Å². The normalized spacial score (nSPS) is 19.8. The minimum Gasteiger partial charge on any atom is -0.380 e. The quantitative estimate of drug-likeness (QED) is 0.847. The van der Waals surface area contributed by atoms with Gasteiger partial charge in [0.15, 0.2) is 5.82 Å². The van der Waals surface area contributed by atoms with Crippen molar-refractivity contribution in [3.63, 3.8) is 0 Å². The van der Waals surface area contributed by atoms with E-state index in [2.05, 4.69) is 15.1 Å². The Hall–Kier alpha value is -1.60. The zero-order valence-corrected chi connectivity index (χ0v) is 11.3. The van der Waals surface area contributed by atoms with Gasteiger partial charge in [-0.2, -0.15) is 4.98 Å². The molecule has 6 nitrogen and oxygen atoms in total. The molecule has 1 atom stereocenters. The van der Waals surface area contributed by atoms with Gasteiger partial charge in [0.2, 0.25) is 5.89 Å². The van der Waals surface area contributed by atoms with Gasteiger partial charge in [0.05, 0.1) is 30.3 Å². The van der Waals surface area contributed by atoms with Crippen LogP contribution in [0, 0.1) is 6.92 Å². The number of aromatic nitrogens is 3. The van der Waals surface area contributed by atoms with Crippen LogP contribution in [0.3, 0.4) is 0 Å². The van der Waals surface area contributed by atoms with E-state index in [1.54, 1.807) is 11.3 Å². The highest BCUT2D eigenvalue weighted by Gasteiger charge is 2.29. The lowest BCUT2D eigenvalue weighted by atomic mass is 10.0. The van der Waals surface area contributed by atoms with Crippen molar-refractivity contribution in [2.75, 3.05) is 13.2 Å². The maximum atomic E-state index is 11.7. The predicted octanol–water partition coefficient (Wildman–Crippen LogP) is 1.50. The Morgan fingerprint density at radius 3 is 3.11 bits per heavy atom. The molecule has 2 aromatic heterocycles. The van der Waals surface area contributed by atoms with Crippen LogP contribution in [0.2, 0.25) is 0 Å². The number of ketones is 1. The molecule has 3 heterocycles. The first-order chi connectivity index (χ1) is 9.22. The van der Waals surface area contributed by atoms with Gasteiger partial charge in [-0.15, -0.1) is 11.3 Å². The first-order valence-electron chi connectivity index (χ1n) is 6.06. The smallest absolute Gasteiger partial charge is 0.239 e. The fourth-order valence-electron chi connectivity index (χ4n) is 1.98. The number of Topliss-reactive ketones (excluding diaryl/α,β-unsaturated/α-hetero) is 1. The number of hydrogen-bond acceptors (Lipinski definition) is 7. The van der Waals surface area contributed by atoms with Crippen LogP contribution < -0.4 is 0 Å². The second-order valence-electron chi connectivity index (χ2n) is 4.43. The summed E-state index contributed by atoms with van der Waals surface area (Å²) >= 11 is 1.59. The third-order valence-electron chi connectivity index (χ3n) is 2.95. The molecular formula is C12H13N3O3S. The van der Waals surface area contributed by atoms with Gasteiger partial charge >= 0.3 is 0 Å². The van der Waals surface area contributed by atoms with Gasteiger partial charge in [-0.1, -0.05) is 5.16 Å². The second-order valence-corrected chi connectivity index (χ2v) is 5.49. The van der Waals surface area contributed by atoms with E-state index in [-0.39, 0.29) is 5.78 Å². The summed E-state index contributed by atoms with van der Waals surface area (Å²) in [7, 11) is 0. The molecular weight excluding hydrogens is 266 g/mol. The van der Waals surface area contributed by atoms with E-state index in [0.717, 1.165) is 10.7 Å². The van der Waals surface area contributed by atoms with Crippen LogP contribution in [0.5, 0.6) is 0 Å². The lowest BCUT2D eigenvalue weighted by molar-refractivity contribution is -0.127. The van der Waals surface area contributed by atoms with E-state index in [1.165, 1.54) is 0 Å². The zero-order valence-electron chi connectivity index (χ0n) is 10.5. The van der Waals surface area contributed by atoms with Gasteiger partial charge in [0, 0.05) is 11.8 Å². The van der Waals surface area contributed by atoms with Gasteiger partial charge in [-0.05, 0) is 6.92 Å². The summed E-state index contributed by atoms with van der Waals surface area (Å²) in [6.45, 7) is 2.76. The van der Waals surface area contributed by atoms with E-state index >= 15 is 0 Å². The summed E-state index contributed by atoms with van der Waals surface area (Å²) in [4.78, 5) is 20.4. The van der Waals surface area contributed by atoms with Gasteiger partial charge in [0.25, 0.3) is 0 Å². The first kappa shape index (κ1) is 12.4. The van der Waals surface area contributed by atoms with Crippen LogP contribution in [-0.4, -0.2) is 34.1 Å². The largest absolute Gasteiger partial charge is 0.380 e. The highest BCUT2D eigenvalue weighted by atomic mass is 32.1. The lowest BCUT2D eigenvalue weighted by Gasteiger charge is -2.16. The summed E-state index contributed by atoms with van der Waals surface area (Å²) in [5.41, 5.74) is 0.918. The Bertz CT molecular complexity index is 593. The molecule has 2 aromatic rings. The minimum atomic E-state index is -0.410. The van der Waals surface area contributed by atoms with Crippen molar-refractivity contribution < 1.29 is 14.1 Å². The SMILES string of the molecule is Cc1nc(Cc2noc(C3COCCC3=O)n2)cs1. The van der Waals surface area contributed by atoms with Crippen molar-refractivity contribution in [3.8, 4) is 0 Å². The lowest BCUT2D eigenvalue weighted by Crippen LogP contribution is -2.25. The minimum absolute atomic E-state index is 0.103. The van der Waals surface area contributed by atoms with Crippen LogP contribution in [0.4, 0.5) is 0 Å². The van der Waals surface area contributed by atoms with Crippen LogP contribution >= 0.6 is 11.3 Å². The van der Waals surface area contributed by atoms with E-state index in [1.807, 2.05) is 12.3 Å². The molecule has 1 aliphatic heterocycles. The van der Waals surface area contributed by atoms with Crippen molar-refractivity contribution in [3.05, 3.63) is 27.8 Å². The number of nitrogens with zero attached hydrogens (tertiary/aromatic N) is 3. The monoisotopic (exact) mass is 279 g/mol. The zero-order chi connectivity index (χ0) is 13.2. The van der Waals surface area contributed by atoms with E-state index in [9.17, 15) is 4.79 Å². The summed E-state index contributed by atoms with van der Waals surface area (Å²) < 4.78 is 10.4. The predicted molar refractivity (Wildman–Crippen MR) is 67.1 cm³/mol. The molecule has 1 aliphatic rings. The Kier molecular flexibility index (Phi) is 3.39. The fourth-order valence-corrected chi connectivity index (χ4v) is 2.59. The van der Waals surface area contributed by atoms with Crippen LogP contribution in [0.15, 0.2) is 9.90 Å². The number of carbonyl (C=O) groups excluding carboxylic acids is 1.